The number of nitrogens with one attached hydrogen (secondary N) is 1. The zero-order valence-corrected chi connectivity index (χ0v) is 17.3. The van der Waals surface area contributed by atoms with Crippen molar-refractivity contribution in [3.63, 3.8) is 0 Å². The molecule has 1 amide bonds. The Morgan fingerprint density at radius 3 is 2.93 bits per heavy atom. The van der Waals surface area contributed by atoms with Crippen LogP contribution in [0.15, 0.2) is 50.5 Å². The van der Waals surface area contributed by atoms with Crippen molar-refractivity contribution in [2.75, 3.05) is 26.0 Å². The van der Waals surface area contributed by atoms with Crippen LogP contribution >= 0.6 is 23.1 Å². The van der Waals surface area contributed by atoms with E-state index < -0.39 is 5.97 Å². The first kappa shape index (κ1) is 21.0. The van der Waals surface area contributed by atoms with E-state index in [0.29, 0.717) is 29.5 Å². The van der Waals surface area contributed by atoms with E-state index in [4.69, 9.17) is 14.0 Å². The lowest BCUT2D eigenvalue weighted by Gasteiger charge is -2.09. The highest BCUT2D eigenvalue weighted by atomic mass is 32.2. The van der Waals surface area contributed by atoms with Crippen LogP contribution in [-0.4, -0.2) is 48.0 Å². The fraction of sp³-hybridized carbons (Fsp3) is 0.263. The molecule has 0 bridgehead atoms. The van der Waals surface area contributed by atoms with Crippen LogP contribution in [0.5, 0.6) is 0 Å². The highest BCUT2D eigenvalue weighted by molar-refractivity contribution is 8.00. The molecule has 0 fully saturated rings. The second-order valence-corrected chi connectivity index (χ2v) is 7.53. The zero-order valence-electron chi connectivity index (χ0n) is 15.6. The number of nitrogens with zero attached hydrogens (tertiary/aromatic N) is 2. The van der Waals surface area contributed by atoms with E-state index in [1.807, 2.05) is 16.8 Å². The lowest BCUT2D eigenvalue weighted by molar-refractivity contribution is -0.118. The summed E-state index contributed by atoms with van der Waals surface area (Å²) in [7, 11) is 1.57. The van der Waals surface area contributed by atoms with Gasteiger partial charge in [-0.25, -0.2) is 4.79 Å². The predicted octanol–water partition coefficient (Wildman–Crippen LogP) is 3.01. The Labute approximate surface area is 175 Å². The third-order valence-corrected chi connectivity index (χ3v) is 5.42. The fourth-order valence-electron chi connectivity index (χ4n) is 2.27. The standard InChI is InChI=1S/C19H19N3O5S2/c1-25-8-7-20-17(23)12-29-15-5-3-2-4-14(15)19(24)26-10-16-21-18(27-22-16)13-6-9-28-11-13/h2-6,9,11H,7-8,10,12H2,1H3,(H,20,23). The number of carbonyl (C=O) groups is 2. The average molecular weight is 434 g/mol. The van der Waals surface area contributed by atoms with Crippen LogP contribution in [0.25, 0.3) is 11.5 Å². The summed E-state index contributed by atoms with van der Waals surface area (Å²) in [5.74, 6) is 0.191. The van der Waals surface area contributed by atoms with Crippen molar-refractivity contribution in [1.29, 1.82) is 0 Å². The Bertz CT molecular complexity index is 943. The number of thioether (sulfide) groups is 1. The van der Waals surface area contributed by atoms with Gasteiger partial charge in [-0.2, -0.15) is 16.3 Å². The number of carbonyl (C=O) groups excluding carboxylic acids is 2. The van der Waals surface area contributed by atoms with Crippen LogP contribution in [0.4, 0.5) is 0 Å². The summed E-state index contributed by atoms with van der Waals surface area (Å²) in [6.07, 6.45) is 0. The number of hydrogen-bond donors (Lipinski definition) is 1. The quantitative estimate of drug-likeness (QED) is 0.296. The van der Waals surface area contributed by atoms with Crippen molar-refractivity contribution in [3.8, 4) is 11.5 Å². The summed E-state index contributed by atoms with van der Waals surface area (Å²) in [5, 5.41) is 10.4. The van der Waals surface area contributed by atoms with Crippen molar-refractivity contribution >= 4 is 35.0 Å². The zero-order chi connectivity index (χ0) is 20.5. The maximum Gasteiger partial charge on any atom is 0.339 e. The number of benzene rings is 1. The van der Waals surface area contributed by atoms with E-state index in [-0.39, 0.29) is 24.1 Å². The van der Waals surface area contributed by atoms with E-state index in [2.05, 4.69) is 15.5 Å². The third kappa shape index (κ3) is 6.14. The summed E-state index contributed by atoms with van der Waals surface area (Å²) in [6, 6.07) is 8.83. The molecule has 0 unspecified atom stereocenters. The smallest absolute Gasteiger partial charge is 0.339 e. The topological polar surface area (TPSA) is 104 Å². The minimum absolute atomic E-state index is 0.108. The first-order valence-corrected chi connectivity index (χ1v) is 10.6. The van der Waals surface area contributed by atoms with Crippen molar-refractivity contribution in [1.82, 2.24) is 15.5 Å². The monoisotopic (exact) mass is 433 g/mol. The molecule has 3 aromatic rings. The second-order valence-electron chi connectivity index (χ2n) is 5.73. The van der Waals surface area contributed by atoms with Gasteiger partial charge in [-0.05, 0) is 23.6 Å². The number of rotatable bonds is 10. The fourth-order valence-corrected chi connectivity index (χ4v) is 3.77. The van der Waals surface area contributed by atoms with Gasteiger partial charge in [-0.15, -0.1) is 11.8 Å². The molecule has 152 valence electrons. The Balaban J connectivity index is 1.55. The lowest BCUT2D eigenvalue weighted by atomic mass is 10.2. The number of thiophene rings is 1. The normalized spacial score (nSPS) is 10.7. The molecule has 8 nitrogen and oxygen atoms in total. The lowest BCUT2D eigenvalue weighted by Crippen LogP contribution is -2.28. The van der Waals surface area contributed by atoms with Crippen LogP contribution in [-0.2, 0) is 20.9 Å². The molecule has 0 spiro atoms. The predicted molar refractivity (Wildman–Crippen MR) is 109 cm³/mol. The van der Waals surface area contributed by atoms with E-state index >= 15 is 0 Å². The third-order valence-electron chi connectivity index (χ3n) is 3.66. The Kier molecular flexibility index (Phi) is 7.79. The van der Waals surface area contributed by atoms with E-state index in [1.165, 1.54) is 23.1 Å². The molecule has 0 saturated heterocycles. The molecule has 1 N–H and O–H groups in total. The molecule has 0 aliphatic heterocycles. The highest BCUT2D eigenvalue weighted by Gasteiger charge is 2.16. The van der Waals surface area contributed by atoms with Gasteiger partial charge in [0.25, 0.3) is 5.89 Å². The van der Waals surface area contributed by atoms with Gasteiger partial charge in [-0.3, -0.25) is 4.79 Å². The van der Waals surface area contributed by atoms with Gasteiger partial charge < -0.3 is 19.3 Å². The maximum atomic E-state index is 12.5. The molecule has 29 heavy (non-hydrogen) atoms. The number of esters is 1. The van der Waals surface area contributed by atoms with Crippen LogP contribution in [0.2, 0.25) is 0 Å². The number of amides is 1. The Hall–Kier alpha value is -2.69. The molecule has 0 aliphatic rings. The van der Waals surface area contributed by atoms with E-state index in [1.54, 1.807) is 31.4 Å². The van der Waals surface area contributed by atoms with E-state index in [0.717, 1.165) is 5.56 Å². The molecular weight excluding hydrogens is 414 g/mol. The van der Waals surface area contributed by atoms with Crippen molar-refractivity contribution < 1.29 is 23.6 Å². The minimum atomic E-state index is -0.519. The van der Waals surface area contributed by atoms with Gasteiger partial charge in [0, 0.05) is 23.9 Å². The summed E-state index contributed by atoms with van der Waals surface area (Å²) in [6.45, 7) is 0.782. The summed E-state index contributed by atoms with van der Waals surface area (Å²) in [5.41, 5.74) is 1.20. The van der Waals surface area contributed by atoms with Crippen LogP contribution in [0.1, 0.15) is 16.2 Å². The number of ether oxygens (including phenoxy) is 2. The van der Waals surface area contributed by atoms with Gasteiger partial charge in [0.1, 0.15) is 0 Å². The molecule has 1 aromatic carbocycles. The highest BCUT2D eigenvalue weighted by Crippen LogP contribution is 2.24. The van der Waals surface area contributed by atoms with Crippen molar-refractivity contribution in [3.05, 3.63) is 52.5 Å². The van der Waals surface area contributed by atoms with Gasteiger partial charge in [0.2, 0.25) is 11.7 Å². The van der Waals surface area contributed by atoms with E-state index in [9.17, 15) is 9.59 Å². The molecule has 0 saturated carbocycles. The molecular formula is C19H19N3O5S2. The van der Waals surface area contributed by atoms with Gasteiger partial charge in [0.05, 0.1) is 23.5 Å². The largest absolute Gasteiger partial charge is 0.454 e. The first-order chi connectivity index (χ1) is 14.2. The second kappa shape index (κ2) is 10.7. The van der Waals surface area contributed by atoms with Crippen molar-refractivity contribution in [2.24, 2.45) is 0 Å². The SMILES string of the molecule is COCCNC(=O)CSc1ccccc1C(=O)OCc1noc(-c2ccsc2)n1. The molecule has 2 heterocycles. The van der Waals surface area contributed by atoms with Crippen LogP contribution in [0.3, 0.4) is 0 Å². The van der Waals surface area contributed by atoms with Gasteiger partial charge in [-0.1, -0.05) is 17.3 Å². The van der Waals surface area contributed by atoms with Crippen LogP contribution in [0, 0.1) is 0 Å². The molecule has 0 atom stereocenters. The minimum Gasteiger partial charge on any atom is -0.454 e. The summed E-state index contributed by atoms with van der Waals surface area (Å²) < 4.78 is 15.4. The number of aromatic nitrogens is 2. The summed E-state index contributed by atoms with van der Waals surface area (Å²) in [4.78, 5) is 29.2. The van der Waals surface area contributed by atoms with Crippen molar-refractivity contribution in [2.45, 2.75) is 11.5 Å². The Morgan fingerprint density at radius 1 is 1.28 bits per heavy atom. The molecule has 0 radical (unpaired) electrons. The Morgan fingerprint density at radius 2 is 2.14 bits per heavy atom. The van der Waals surface area contributed by atoms with Gasteiger partial charge >= 0.3 is 5.97 Å². The van der Waals surface area contributed by atoms with Crippen LogP contribution < -0.4 is 5.32 Å². The molecule has 0 aliphatic carbocycles. The van der Waals surface area contributed by atoms with Gasteiger partial charge in [0.15, 0.2) is 6.61 Å². The molecule has 2 aromatic heterocycles. The summed E-state index contributed by atoms with van der Waals surface area (Å²) >= 11 is 2.79. The average Bonchev–Trinajstić information content (AvgIpc) is 3.42. The number of hydrogen-bond acceptors (Lipinski definition) is 9. The maximum absolute atomic E-state index is 12.5. The first-order valence-electron chi connectivity index (χ1n) is 8.67. The molecule has 10 heteroatoms. The number of methoxy groups -OCH3 is 1. The molecule has 3 rings (SSSR count).